The van der Waals surface area contributed by atoms with Crippen molar-refractivity contribution in [1.29, 1.82) is 0 Å². The van der Waals surface area contributed by atoms with Crippen molar-refractivity contribution in [3.8, 4) is 0 Å². The summed E-state index contributed by atoms with van der Waals surface area (Å²) in [6.07, 6.45) is 0.621. The van der Waals surface area contributed by atoms with E-state index in [0.717, 1.165) is 12.1 Å². The summed E-state index contributed by atoms with van der Waals surface area (Å²) in [5, 5.41) is 7.67. The van der Waals surface area contributed by atoms with E-state index < -0.39 is 26.6 Å². The van der Waals surface area contributed by atoms with Crippen LogP contribution in [0.25, 0.3) is 0 Å². The van der Waals surface area contributed by atoms with Gasteiger partial charge in [-0.25, -0.2) is 17.9 Å². The number of nitrogens with one attached hydrogen (secondary N) is 1. The zero-order valence-electron chi connectivity index (χ0n) is 12.1. The molecule has 0 aliphatic rings. The van der Waals surface area contributed by atoms with Crippen LogP contribution in [0.2, 0.25) is 0 Å². The van der Waals surface area contributed by atoms with Gasteiger partial charge in [-0.05, 0) is 25.5 Å². The van der Waals surface area contributed by atoms with E-state index in [9.17, 15) is 17.6 Å². The molecule has 1 rings (SSSR count). The molecule has 8 heteroatoms. The fourth-order valence-electron chi connectivity index (χ4n) is 1.81. The molecular formula is C13H19FN2O4S. The lowest BCUT2D eigenvalue weighted by Crippen LogP contribution is -2.37. The quantitative estimate of drug-likeness (QED) is 0.815. The van der Waals surface area contributed by atoms with Crippen LogP contribution in [-0.2, 0) is 14.8 Å². The number of halogens is 1. The molecule has 0 radical (unpaired) electrons. The lowest BCUT2D eigenvalue weighted by molar-refractivity contribution is 0.0894. The van der Waals surface area contributed by atoms with E-state index in [-0.39, 0.29) is 17.2 Å². The second-order valence-electron chi connectivity index (χ2n) is 4.66. The molecule has 0 saturated heterocycles. The maximum Gasteiger partial charge on any atom is 0.251 e. The zero-order valence-corrected chi connectivity index (χ0v) is 13.0. The van der Waals surface area contributed by atoms with Gasteiger partial charge in [0.05, 0.1) is 17.5 Å². The Hall–Kier alpha value is -1.51. The maximum atomic E-state index is 13.8. The van der Waals surface area contributed by atoms with Gasteiger partial charge >= 0.3 is 0 Å². The van der Waals surface area contributed by atoms with E-state index in [1.807, 2.05) is 6.92 Å². The Bertz CT molecular complexity index is 631. The van der Waals surface area contributed by atoms with Crippen molar-refractivity contribution >= 4 is 15.9 Å². The summed E-state index contributed by atoms with van der Waals surface area (Å²) in [6.45, 7) is 3.45. The van der Waals surface area contributed by atoms with Crippen LogP contribution >= 0.6 is 0 Å². The first-order chi connectivity index (χ1) is 9.70. The first-order valence-corrected chi connectivity index (χ1v) is 7.88. The largest absolute Gasteiger partial charge is 0.383 e. The minimum Gasteiger partial charge on any atom is -0.383 e. The van der Waals surface area contributed by atoms with E-state index in [1.54, 1.807) is 0 Å². The third kappa shape index (κ3) is 4.48. The highest BCUT2D eigenvalue weighted by Gasteiger charge is 2.20. The molecule has 0 aliphatic heterocycles. The Morgan fingerprint density at radius 1 is 1.48 bits per heavy atom. The fraction of sp³-hybridized carbons (Fsp3) is 0.462. The lowest BCUT2D eigenvalue weighted by Gasteiger charge is -2.16. The highest BCUT2D eigenvalue weighted by molar-refractivity contribution is 7.89. The molecule has 1 aromatic carbocycles. The minimum absolute atomic E-state index is 0.100. The second-order valence-corrected chi connectivity index (χ2v) is 6.19. The van der Waals surface area contributed by atoms with Crippen molar-refractivity contribution in [1.82, 2.24) is 5.32 Å². The topological polar surface area (TPSA) is 98.5 Å². The fourth-order valence-corrected chi connectivity index (χ4v) is 2.63. The van der Waals surface area contributed by atoms with Crippen molar-refractivity contribution < 1.29 is 22.3 Å². The molecule has 0 heterocycles. The number of sulfonamides is 1. The van der Waals surface area contributed by atoms with Crippen molar-refractivity contribution in [2.24, 2.45) is 5.14 Å². The number of nitrogens with two attached hydrogens (primary N) is 1. The first-order valence-electron chi connectivity index (χ1n) is 6.33. The summed E-state index contributed by atoms with van der Waals surface area (Å²) in [5.41, 5.74) is -0.213. The van der Waals surface area contributed by atoms with Crippen LogP contribution in [0.1, 0.15) is 29.3 Å². The number of hydrogen-bond donors (Lipinski definition) is 2. The molecule has 0 aromatic heterocycles. The van der Waals surface area contributed by atoms with Crippen LogP contribution in [-0.4, -0.2) is 34.1 Å². The summed E-state index contributed by atoms with van der Waals surface area (Å²) in [6, 6.07) is 1.81. The Morgan fingerprint density at radius 2 is 2.10 bits per heavy atom. The molecule has 0 aliphatic carbocycles. The number of methoxy groups -OCH3 is 1. The van der Waals surface area contributed by atoms with Crippen molar-refractivity contribution in [2.45, 2.75) is 31.2 Å². The number of amides is 1. The number of ether oxygens (including phenoxy) is 1. The average molecular weight is 318 g/mol. The van der Waals surface area contributed by atoms with Crippen molar-refractivity contribution in [3.63, 3.8) is 0 Å². The van der Waals surface area contributed by atoms with Gasteiger partial charge in [0.2, 0.25) is 10.0 Å². The molecule has 1 aromatic rings. The smallest absolute Gasteiger partial charge is 0.251 e. The van der Waals surface area contributed by atoms with Gasteiger partial charge in [0, 0.05) is 18.2 Å². The molecule has 0 saturated carbocycles. The summed E-state index contributed by atoms with van der Waals surface area (Å²) >= 11 is 0. The molecule has 118 valence electrons. The standard InChI is InChI=1S/C13H19FN2O4S/c1-4-10(7-20-3)16-13(17)9-5-11(14)8(2)12(6-9)21(15,18)19/h5-6,10H,4,7H2,1-3H3,(H,16,17)(H2,15,18,19). The Kier molecular flexibility index (Phi) is 5.82. The monoisotopic (exact) mass is 318 g/mol. The number of benzene rings is 1. The van der Waals surface area contributed by atoms with E-state index in [2.05, 4.69) is 5.32 Å². The molecule has 1 atom stereocenters. The summed E-state index contributed by atoms with van der Waals surface area (Å²) < 4.78 is 41.6. The summed E-state index contributed by atoms with van der Waals surface area (Å²) in [4.78, 5) is 11.7. The Balaban J connectivity index is 3.14. The normalized spacial score (nSPS) is 13.0. The van der Waals surface area contributed by atoms with Gasteiger partial charge < -0.3 is 10.1 Å². The number of primary sulfonamides is 1. The van der Waals surface area contributed by atoms with Gasteiger partial charge in [0.25, 0.3) is 5.91 Å². The SMILES string of the molecule is CCC(COC)NC(=O)c1cc(F)c(C)c(S(N)(=O)=O)c1. The lowest BCUT2D eigenvalue weighted by atomic mass is 10.1. The van der Waals surface area contributed by atoms with Crippen LogP contribution in [0.3, 0.4) is 0 Å². The number of hydrogen-bond acceptors (Lipinski definition) is 4. The van der Waals surface area contributed by atoms with Crippen LogP contribution in [0.4, 0.5) is 4.39 Å². The predicted octanol–water partition coefficient (Wildman–Crippen LogP) is 0.936. The van der Waals surface area contributed by atoms with E-state index in [1.165, 1.54) is 14.0 Å². The van der Waals surface area contributed by atoms with Gasteiger partial charge in [0.1, 0.15) is 5.82 Å². The Labute approximate surface area is 123 Å². The van der Waals surface area contributed by atoms with Gasteiger partial charge in [-0.3, -0.25) is 4.79 Å². The maximum absolute atomic E-state index is 13.8. The number of rotatable bonds is 6. The number of carbonyl (C=O) groups is 1. The van der Waals surface area contributed by atoms with Gasteiger partial charge in [-0.1, -0.05) is 6.92 Å². The van der Waals surface area contributed by atoms with E-state index in [0.29, 0.717) is 13.0 Å². The van der Waals surface area contributed by atoms with Crippen LogP contribution in [0.15, 0.2) is 17.0 Å². The zero-order chi connectivity index (χ0) is 16.2. The predicted molar refractivity (Wildman–Crippen MR) is 75.9 cm³/mol. The van der Waals surface area contributed by atoms with Gasteiger partial charge in [0.15, 0.2) is 0 Å². The van der Waals surface area contributed by atoms with E-state index in [4.69, 9.17) is 9.88 Å². The van der Waals surface area contributed by atoms with Crippen molar-refractivity contribution in [3.05, 3.63) is 29.1 Å². The average Bonchev–Trinajstić information content (AvgIpc) is 2.39. The molecule has 3 N–H and O–H groups in total. The molecule has 0 bridgehead atoms. The summed E-state index contributed by atoms with van der Waals surface area (Å²) in [5.74, 6) is -1.38. The number of carbonyl (C=O) groups excluding carboxylic acids is 1. The molecule has 0 fully saturated rings. The van der Waals surface area contributed by atoms with Crippen LogP contribution in [0.5, 0.6) is 0 Å². The molecule has 0 spiro atoms. The third-order valence-electron chi connectivity index (χ3n) is 3.06. The highest BCUT2D eigenvalue weighted by Crippen LogP contribution is 2.19. The molecule has 1 amide bonds. The second kappa shape index (κ2) is 6.97. The van der Waals surface area contributed by atoms with Crippen molar-refractivity contribution in [2.75, 3.05) is 13.7 Å². The molecule has 6 nitrogen and oxygen atoms in total. The molecule has 1 unspecified atom stereocenters. The molecule has 21 heavy (non-hydrogen) atoms. The minimum atomic E-state index is -4.10. The van der Waals surface area contributed by atoms with Crippen LogP contribution < -0.4 is 10.5 Å². The van der Waals surface area contributed by atoms with Crippen LogP contribution in [0, 0.1) is 12.7 Å². The van der Waals surface area contributed by atoms with Gasteiger partial charge in [-0.15, -0.1) is 0 Å². The first kappa shape index (κ1) is 17.5. The highest BCUT2D eigenvalue weighted by atomic mass is 32.2. The van der Waals surface area contributed by atoms with Gasteiger partial charge in [-0.2, -0.15) is 0 Å². The molecular weight excluding hydrogens is 299 g/mol. The van der Waals surface area contributed by atoms with E-state index >= 15 is 0 Å². The Morgan fingerprint density at radius 3 is 2.57 bits per heavy atom. The summed E-state index contributed by atoms with van der Waals surface area (Å²) in [7, 11) is -2.60. The third-order valence-corrected chi connectivity index (χ3v) is 4.10.